The largest absolute Gasteiger partial charge is 0.477 e. The van der Waals surface area contributed by atoms with Crippen LogP contribution in [0, 0.1) is 6.92 Å². The van der Waals surface area contributed by atoms with E-state index in [1.54, 1.807) is 13.3 Å². The van der Waals surface area contributed by atoms with E-state index < -0.39 is 5.97 Å². The van der Waals surface area contributed by atoms with Crippen LogP contribution in [0.15, 0.2) is 15.7 Å². The Morgan fingerprint density at radius 2 is 2.15 bits per heavy atom. The first kappa shape index (κ1) is 13.5. The second kappa shape index (κ2) is 5.49. The van der Waals surface area contributed by atoms with E-state index in [0.717, 1.165) is 34.3 Å². The Morgan fingerprint density at radius 3 is 2.90 bits per heavy atom. The number of aromatic nitrogens is 3. The minimum Gasteiger partial charge on any atom is -0.477 e. The molecule has 20 heavy (non-hydrogen) atoms. The minimum atomic E-state index is -0.920. The number of rotatable bonds is 3. The number of carboxylic acid groups (broad SMARTS) is 1. The van der Waals surface area contributed by atoms with Gasteiger partial charge >= 0.3 is 5.97 Å². The molecule has 104 valence electrons. The van der Waals surface area contributed by atoms with Gasteiger partial charge in [0, 0.05) is 11.3 Å². The lowest BCUT2D eigenvalue weighted by molar-refractivity contribution is 0.0701. The van der Waals surface area contributed by atoms with Crippen LogP contribution in [0.25, 0.3) is 0 Å². The summed E-state index contributed by atoms with van der Waals surface area (Å²) in [5, 5.41) is 9.99. The van der Waals surface area contributed by atoms with E-state index in [-0.39, 0.29) is 0 Å². The van der Waals surface area contributed by atoms with Gasteiger partial charge in [-0.1, -0.05) is 11.3 Å². The summed E-state index contributed by atoms with van der Waals surface area (Å²) in [6, 6.07) is 0. The third-order valence-electron chi connectivity index (χ3n) is 3.24. The molecule has 2 aromatic rings. The predicted octanol–water partition coefficient (Wildman–Crippen LogP) is 2.97. The van der Waals surface area contributed by atoms with Gasteiger partial charge in [-0.15, -0.1) is 0 Å². The second-order valence-corrected chi connectivity index (χ2v) is 6.85. The Kier molecular flexibility index (Phi) is 3.71. The highest BCUT2D eigenvalue weighted by Gasteiger charge is 2.19. The Balaban J connectivity index is 1.92. The van der Waals surface area contributed by atoms with Crippen molar-refractivity contribution in [3.8, 4) is 0 Å². The third-order valence-corrected chi connectivity index (χ3v) is 5.49. The lowest BCUT2D eigenvalue weighted by Gasteiger charge is -2.16. The van der Waals surface area contributed by atoms with E-state index in [9.17, 15) is 4.79 Å². The molecule has 2 aromatic heterocycles. The van der Waals surface area contributed by atoms with Gasteiger partial charge in [0.1, 0.15) is 16.2 Å². The zero-order chi connectivity index (χ0) is 14.1. The van der Waals surface area contributed by atoms with Crippen molar-refractivity contribution in [3.63, 3.8) is 0 Å². The summed E-state index contributed by atoms with van der Waals surface area (Å²) in [6.07, 6.45) is 5.92. The van der Waals surface area contributed by atoms with Crippen molar-refractivity contribution in [1.82, 2.24) is 15.0 Å². The highest BCUT2D eigenvalue weighted by Crippen LogP contribution is 2.35. The van der Waals surface area contributed by atoms with Gasteiger partial charge in [-0.3, -0.25) is 0 Å². The molecule has 0 unspecified atom stereocenters. The average Bonchev–Trinajstić information content (AvgIpc) is 2.80. The maximum Gasteiger partial charge on any atom is 0.347 e. The lowest BCUT2D eigenvalue weighted by atomic mass is 9.98. The van der Waals surface area contributed by atoms with Crippen molar-refractivity contribution in [3.05, 3.63) is 28.2 Å². The maximum atomic E-state index is 11.1. The van der Waals surface area contributed by atoms with E-state index in [0.29, 0.717) is 10.6 Å². The average molecular weight is 307 g/mol. The first-order valence-corrected chi connectivity index (χ1v) is 8.00. The summed E-state index contributed by atoms with van der Waals surface area (Å²) in [5.74, 6) is -0.920. The number of thiazole rings is 1. The summed E-state index contributed by atoms with van der Waals surface area (Å²) in [7, 11) is 0. The molecular formula is C13H13N3O2S2. The summed E-state index contributed by atoms with van der Waals surface area (Å²) in [6.45, 7) is 1.72. The number of aryl methyl sites for hydroxylation is 2. The highest BCUT2D eigenvalue weighted by molar-refractivity contribution is 8.01. The Morgan fingerprint density at radius 1 is 1.35 bits per heavy atom. The molecule has 0 radical (unpaired) electrons. The van der Waals surface area contributed by atoms with Crippen LogP contribution in [0.3, 0.4) is 0 Å². The fraction of sp³-hybridized carbons (Fsp3) is 0.385. The molecule has 0 amide bonds. The van der Waals surface area contributed by atoms with E-state index >= 15 is 0 Å². The molecule has 2 heterocycles. The van der Waals surface area contributed by atoms with Crippen LogP contribution in [-0.4, -0.2) is 26.0 Å². The van der Waals surface area contributed by atoms with E-state index in [1.807, 2.05) is 0 Å². The number of carbonyl (C=O) groups is 1. The van der Waals surface area contributed by atoms with Gasteiger partial charge in [0.25, 0.3) is 0 Å². The highest BCUT2D eigenvalue weighted by atomic mass is 32.2. The number of aromatic carboxylic acids is 1. The van der Waals surface area contributed by atoms with E-state index in [2.05, 4.69) is 15.0 Å². The maximum absolute atomic E-state index is 11.1. The molecule has 0 spiro atoms. The molecule has 0 fully saturated rings. The molecule has 0 saturated carbocycles. The summed E-state index contributed by atoms with van der Waals surface area (Å²) in [4.78, 5) is 24.4. The number of hydrogen-bond acceptors (Lipinski definition) is 6. The first-order valence-electron chi connectivity index (χ1n) is 6.36. The topological polar surface area (TPSA) is 76.0 Å². The SMILES string of the molecule is Cc1nc(Sc2ncnc3c2CCCC3)sc1C(=O)O. The molecule has 0 atom stereocenters. The van der Waals surface area contributed by atoms with Crippen LogP contribution in [0.2, 0.25) is 0 Å². The predicted molar refractivity (Wildman–Crippen MR) is 76.6 cm³/mol. The van der Waals surface area contributed by atoms with E-state index in [1.165, 1.54) is 35.1 Å². The molecular weight excluding hydrogens is 294 g/mol. The van der Waals surface area contributed by atoms with Crippen LogP contribution < -0.4 is 0 Å². The van der Waals surface area contributed by atoms with Gasteiger partial charge in [-0.25, -0.2) is 19.7 Å². The fourth-order valence-electron chi connectivity index (χ4n) is 2.28. The van der Waals surface area contributed by atoms with E-state index in [4.69, 9.17) is 5.11 Å². The molecule has 7 heteroatoms. The molecule has 1 aliphatic rings. The summed E-state index contributed by atoms with van der Waals surface area (Å²) in [5.41, 5.74) is 2.89. The summed E-state index contributed by atoms with van der Waals surface area (Å²) >= 11 is 2.65. The third kappa shape index (κ3) is 2.55. The monoisotopic (exact) mass is 307 g/mol. The smallest absolute Gasteiger partial charge is 0.347 e. The lowest BCUT2D eigenvalue weighted by Crippen LogP contribution is -2.07. The number of fused-ring (bicyclic) bond motifs is 1. The Hall–Kier alpha value is -1.47. The van der Waals surface area contributed by atoms with Gasteiger partial charge in [0.2, 0.25) is 0 Å². The van der Waals surface area contributed by atoms with Gasteiger partial charge in [-0.2, -0.15) is 0 Å². The molecule has 3 rings (SSSR count). The van der Waals surface area contributed by atoms with Gasteiger partial charge in [-0.05, 0) is 44.4 Å². The van der Waals surface area contributed by atoms with Crippen LogP contribution >= 0.6 is 23.1 Å². The zero-order valence-electron chi connectivity index (χ0n) is 10.9. The fourth-order valence-corrected chi connectivity index (χ4v) is 4.36. The minimum absolute atomic E-state index is 0.301. The normalized spacial score (nSPS) is 14.1. The van der Waals surface area contributed by atoms with Crippen molar-refractivity contribution in [2.45, 2.75) is 42.0 Å². The number of carboxylic acids is 1. The van der Waals surface area contributed by atoms with Crippen LogP contribution in [0.5, 0.6) is 0 Å². The quantitative estimate of drug-likeness (QED) is 0.879. The van der Waals surface area contributed by atoms with Crippen molar-refractivity contribution < 1.29 is 9.90 Å². The Bertz CT molecular complexity index is 670. The summed E-state index contributed by atoms with van der Waals surface area (Å²) < 4.78 is 0.728. The van der Waals surface area contributed by atoms with Crippen molar-refractivity contribution in [1.29, 1.82) is 0 Å². The second-order valence-electron chi connectivity index (χ2n) is 4.61. The van der Waals surface area contributed by atoms with Crippen molar-refractivity contribution in [2.75, 3.05) is 0 Å². The first-order chi connectivity index (χ1) is 9.65. The van der Waals surface area contributed by atoms with Gasteiger partial charge in [0.05, 0.1) is 5.69 Å². The molecule has 5 nitrogen and oxygen atoms in total. The van der Waals surface area contributed by atoms with Crippen LogP contribution in [0.4, 0.5) is 0 Å². The molecule has 0 saturated heterocycles. The van der Waals surface area contributed by atoms with Gasteiger partial charge in [0.15, 0.2) is 4.34 Å². The molecule has 1 aliphatic carbocycles. The van der Waals surface area contributed by atoms with Crippen molar-refractivity contribution in [2.24, 2.45) is 0 Å². The van der Waals surface area contributed by atoms with Crippen LogP contribution in [0.1, 0.15) is 39.5 Å². The van der Waals surface area contributed by atoms with Crippen molar-refractivity contribution >= 4 is 29.1 Å². The van der Waals surface area contributed by atoms with Gasteiger partial charge < -0.3 is 5.11 Å². The molecule has 0 bridgehead atoms. The molecule has 0 aromatic carbocycles. The molecule has 0 aliphatic heterocycles. The van der Waals surface area contributed by atoms with Crippen LogP contribution in [-0.2, 0) is 12.8 Å². The standard InChI is InChI=1S/C13H13N3O2S2/c1-7-10(12(17)18)19-13(16-7)20-11-8-4-2-3-5-9(8)14-6-15-11/h6H,2-5H2,1H3,(H,17,18). The Labute approximate surface area is 124 Å². The number of nitrogens with zero attached hydrogens (tertiary/aromatic N) is 3. The molecule has 1 N–H and O–H groups in total. The zero-order valence-corrected chi connectivity index (χ0v) is 12.6. The number of hydrogen-bond donors (Lipinski definition) is 1.